The molecule has 0 aliphatic heterocycles. The van der Waals surface area contributed by atoms with Crippen LogP contribution in [0.3, 0.4) is 0 Å². The van der Waals surface area contributed by atoms with E-state index in [4.69, 9.17) is 4.42 Å². The van der Waals surface area contributed by atoms with Crippen molar-refractivity contribution in [2.24, 2.45) is 0 Å². The van der Waals surface area contributed by atoms with Crippen LogP contribution < -0.4 is 0 Å². The second-order valence-electron chi connectivity index (χ2n) is 15.7. The Kier molecular flexibility index (Phi) is 7.50. The van der Waals surface area contributed by atoms with Gasteiger partial charge in [0.05, 0.1) is 0 Å². The molecule has 0 saturated carbocycles. The summed E-state index contributed by atoms with van der Waals surface area (Å²) in [6, 6.07) is 62.3. The van der Waals surface area contributed by atoms with Gasteiger partial charge in [-0.25, -0.2) is 0 Å². The van der Waals surface area contributed by atoms with Crippen LogP contribution in [0.25, 0.3) is 110 Å². The molecule has 0 saturated heterocycles. The summed E-state index contributed by atoms with van der Waals surface area (Å²) in [5.41, 5.74) is 16.9. The summed E-state index contributed by atoms with van der Waals surface area (Å²) in [6.07, 6.45) is 0. The van der Waals surface area contributed by atoms with E-state index in [2.05, 4.69) is 198 Å². The van der Waals surface area contributed by atoms with Crippen LogP contribution in [-0.2, 0) is 0 Å². The van der Waals surface area contributed by atoms with E-state index in [-0.39, 0.29) is 0 Å². The number of hydrogen-bond donors (Lipinski definition) is 0. The Balaban J connectivity index is 1.24. The van der Waals surface area contributed by atoms with Crippen LogP contribution in [0.15, 0.2) is 174 Å². The van der Waals surface area contributed by atoms with E-state index >= 15 is 0 Å². The van der Waals surface area contributed by atoms with Gasteiger partial charge < -0.3 is 4.42 Å². The van der Waals surface area contributed by atoms with Crippen LogP contribution in [0.4, 0.5) is 0 Å². The van der Waals surface area contributed by atoms with Crippen molar-refractivity contribution >= 4 is 65.0 Å². The predicted octanol–water partition coefficient (Wildman–Crippen LogP) is 16.1. The van der Waals surface area contributed by atoms with E-state index in [1.54, 1.807) is 0 Å². The summed E-state index contributed by atoms with van der Waals surface area (Å²) in [6.45, 7) is 8.94. The fourth-order valence-corrected chi connectivity index (χ4v) is 10.0. The Morgan fingerprint density at radius 3 is 1.00 bits per heavy atom. The predicted molar refractivity (Wildman–Crippen MR) is 244 cm³/mol. The Morgan fingerprint density at radius 1 is 0.263 bits per heavy atom. The molecule has 0 aliphatic carbocycles. The van der Waals surface area contributed by atoms with Gasteiger partial charge in [-0.1, -0.05) is 164 Å². The molecular formula is C56H40O. The van der Waals surface area contributed by atoms with Crippen LogP contribution in [0, 0.1) is 27.7 Å². The highest BCUT2D eigenvalue weighted by molar-refractivity contribution is 6.28. The minimum Gasteiger partial charge on any atom is -0.455 e. The second kappa shape index (κ2) is 12.8. The van der Waals surface area contributed by atoms with Crippen molar-refractivity contribution in [1.29, 1.82) is 0 Å². The zero-order chi connectivity index (χ0) is 38.4. The van der Waals surface area contributed by atoms with Gasteiger partial charge >= 0.3 is 0 Å². The number of fused-ring (bicyclic) bond motifs is 7. The zero-order valence-electron chi connectivity index (χ0n) is 32.6. The van der Waals surface area contributed by atoms with E-state index in [1.165, 1.54) is 104 Å². The summed E-state index contributed by atoms with van der Waals surface area (Å²) in [5, 5.41) is 12.2. The van der Waals surface area contributed by atoms with E-state index in [9.17, 15) is 0 Å². The summed E-state index contributed by atoms with van der Waals surface area (Å²) in [5.74, 6) is 0. The van der Waals surface area contributed by atoms with Crippen LogP contribution in [0.2, 0.25) is 0 Å². The average molecular weight is 729 g/mol. The molecule has 0 bridgehead atoms. The Labute approximate surface area is 332 Å². The van der Waals surface area contributed by atoms with Crippen molar-refractivity contribution in [1.82, 2.24) is 0 Å². The molecule has 11 rings (SSSR count). The van der Waals surface area contributed by atoms with Crippen molar-refractivity contribution in [2.75, 3.05) is 0 Å². The SMILES string of the molecule is Cc1cccc(C)c1-c1c2ccccc2c(-c2cccc3c2oc2cccc(-c4c5ccccc5c(-c5c(C)cccc5C)c5ccccc45)c23)c2ccccc12. The quantitative estimate of drug-likeness (QED) is 0.165. The van der Waals surface area contributed by atoms with Gasteiger partial charge in [-0.3, -0.25) is 0 Å². The Bertz CT molecular complexity index is 3290. The average Bonchev–Trinajstić information content (AvgIpc) is 3.63. The fourth-order valence-electron chi connectivity index (χ4n) is 10.0. The molecule has 0 radical (unpaired) electrons. The summed E-state index contributed by atoms with van der Waals surface area (Å²) >= 11 is 0. The molecule has 1 heterocycles. The third-order valence-corrected chi connectivity index (χ3v) is 12.4. The molecule has 11 aromatic rings. The smallest absolute Gasteiger partial charge is 0.143 e. The van der Waals surface area contributed by atoms with Crippen molar-refractivity contribution < 1.29 is 4.42 Å². The van der Waals surface area contributed by atoms with Crippen molar-refractivity contribution in [2.45, 2.75) is 27.7 Å². The van der Waals surface area contributed by atoms with E-state index in [0.29, 0.717) is 0 Å². The van der Waals surface area contributed by atoms with Crippen LogP contribution in [0.1, 0.15) is 22.3 Å². The number of hydrogen-bond acceptors (Lipinski definition) is 1. The molecule has 270 valence electrons. The maximum Gasteiger partial charge on any atom is 0.143 e. The standard InChI is InChI=1S/C56H40O/c1-33-17-13-18-34(2)49(33)54-41-25-9-5-21-37(41)51(38-22-6-10-26-42(38)54)45-29-16-32-48-53(45)47-31-15-30-46(56(47)57-48)52-39-23-7-11-27-43(39)55(44-28-12-8-24-40(44)52)50-35(3)19-14-20-36(50)4/h5-32H,1-4H3. The summed E-state index contributed by atoms with van der Waals surface area (Å²) < 4.78 is 7.10. The summed E-state index contributed by atoms with van der Waals surface area (Å²) in [4.78, 5) is 0. The van der Waals surface area contributed by atoms with E-state index in [0.717, 1.165) is 27.5 Å². The molecule has 0 fully saturated rings. The highest BCUT2D eigenvalue weighted by Gasteiger charge is 2.24. The maximum absolute atomic E-state index is 7.10. The lowest BCUT2D eigenvalue weighted by atomic mass is 9.82. The monoisotopic (exact) mass is 728 g/mol. The number of rotatable bonds is 4. The van der Waals surface area contributed by atoms with E-state index in [1.807, 2.05) is 0 Å². The van der Waals surface area contributed by atoms with Gasteiger partial charge in [0.15, 0.2) is 0 Å². The van der Waals surface area contributed by atoms with Gasteiger partial charge in [0.1, 0.15) is 11.2 Å². The van der Waals surface area contributed by atoms with Gasteiger partial charge in [-0.15, -0.1) is 0 Å². The third kappa shape index (κ3) is 4.89. The topological polar surface area (TPSA) is 13.1 Å². The van der Waals surface area contributed by atoms with Gasteiger partial charge in [-0.2, -0.15) is 0 Å². The second-order valence-corrected chi connectivity index (χ2v) is 15.7. The number of para-hydroxylation sites is 1. The van der Waals surface area contributed by atoms with Gasteiger partial charge in [0.25, 0.3) is 0 Å². The Hall–Kier alpha value is -6.96. The van der Waals surface area contributed by atoms with Crippen LogP contribution >= 0.6 is 0 Å². The minimum absolute atomic E-state index is 0.891. The molecule has 0 atom stereocenters. The number of furan rings is 1. The fraction of sp³-hybridized carbons (Fsp3) is 0.0714. The summed E-state index contributed by atoms with van der Waals surface area (Å²) in [7, 11) is 0. The molecule has 0 unspecified atom stereocenters. The first kappa shape index (κ1) is 33.4. The largest absolute Gasteiger partial charge is 0.455 e. The molecule has 0 amide bonds. The van der Waals surface area contributed by atoms with E-state index < -0.39 is 0 Å². The molecule has 0 spiro atoms. The first-order valence-electron chi connectivity index (χ1n) is 19.9. The maximum atomic E-state index is 7.10. The highest BCUT2D eigenvalue weighted by Crippen LogP contribution is 2.51. The molecule has 1 nitrogen and oxygen atoms in total. The third-order valence-electron chi connectivity index (χ3n) is 12.4. The van der Waals surface area contributed by atoms with Gasteiger partial charge in [0.2, 0.25) is 0 Å². The molecule has 1 heteroatoms. The van der Waals surface area contributed by atoms with Crippen molar-refractivity contribution in [3.8, 4) is 44.5 Å². The van der Waals surface area contributed by atoms with Gasteiger partial charge in [0, 0.05) is 21.9 Å². The van der Waals surface area contributed by atoms with Gasteiger partial charge in [-0.05, 0) is 132 Å². The number of benzene rings is 10. The van der Waals surface area contributed by atoms with Crippen molar-refractivity contribution in [3.63, 3.8) is 0 Å². The molecule has 10 aromatic carbocycles. The Morgan fingerprint density at radius 2 is 0.579 bits per heavy atom. The first-order chi connectivity index (χ1) is 28.0. The van der Waals surface area contributed by atoms with Crippen LogP contribution in [-0.4, -0.2) is 0 Å². The zero-order valence-corrected chi connectivity index (χ0v) is 32.6. The lowest BCUT2D eigenvalue weighted by Gasteiger charge is -2.20. The highest BCUT2D eigenvalue weighted by atomic mass is 16.3. The molecule has 0 N–H and O–H groups in total. The molecule has 1 aromatic heterocycles. The molecule has 57 heavy (non-hydrogen) atoms. The lowest BCUT2D eigenvalue weighted by molar-refractivity contribution is 0.670. The molecule has 0 aliphatic rings. The van der Waals surface area contributed by atoms with Crippen LogP contribution in [0.5, 0.6) is 0 Å². The lowest BCUT2D eigenvalue weighted by Crippen LogP contribution is -1.94. The number of aryl methyl sites for hydroxylation is 4. The minimum atomic E-state index is 0.891. The normalized spacial score (nSPS) is 11.9. The first-order valence-corrected chi connectivity index (χ1v) is 19.9. The molecular weight excluding hydrogens is 689 g/mol. The van der Waals surface area contributed by atoms with Crippen molar-refractivity contribution in [3.05, 3.63) is 192 Å².